The molecule has 1 aromatic heterocycles. The fourth-order valence-electron chi connectivity index (χ4n) is 2.86. The highest BCUT2D eigenvalue weighted by molar-refractivity contribution is 5.79. The van der Waals surface area contributed by atoms with Gasteiger partial charge in [-0.05, 0) is 23.8 Å². The van der Waals surface area contributed by atoms with Crippen molar-refractivity contribution >= 4 is 11.6 Å². The zero-order chi connectivity index (χ0) is 15.5. The van der Waals surface area contributed by atoms with E-state index in [0.717, 1.165) is 5.56 Å². The van der Waals surface area contributed by atoms with Gasteiger partial charge in [0.1, 0.15) is 5.82 Å². The van der Waals surface area contributed by atoms with Gasteiger partial charge in [0.2, 0.25) is 5.91 Å². The summed E-state index contributed by atoms with van der Waals surface area (Å²) in [6.07, 6.45) is 4.34. The van der Waals surface area contributed by atoms with E-state index in [1.54, 1.807) is 12.1 Å². The van der Waals surface area contributed by atoms with E-state index < -0.39 is 0 Å². The standard InChI is InChI=1S/C17H20FN3O/c1-19-7-6-14(13-19)12-17(22)21-10-8-20(9-11-21)16-5-3-2-4-15(16)18/h2-7,13H,8-12H2,1H3. The molecule has 1 aromatic carbocycles. The third kappa shape index (κ3) is 3.13. The first-order valence-electron chi connectivity index (χ1n) is 7.51. The molecule has 3 rings (SSSR count). The van der Waals surface area contributed by atoms with Gasteiger partial charge in [0.25, 0.3) is 0 Å². The van der Waals surface area contributed by atoms with Crippen LogP contribution in [0, 0.1) is 5.82 Å². The molecule has 0 N–H and O–H groups in total. The van der Waals surface area contributed by atoms with Gasteiger partial charge in [0, 0.05) is 45.6 Å². The van der Waals surface area contributed by atoms with Crippen molar-refractivity contribution in [2.45, 2.75) is 6.42 Å². The average molecular weight is 301 g/mol. The predicted octanol–water partition coefficient (Wildman–Crippen LogP) is 2.06. The molecule has 0 aliphatic carbocycles. The SMILES string of the molecule is Cn1ccc(CC(=O)N2CCN(c3ccccc3F)CC2)c1. The van der Waals surface area contributed by atoms with Crippen LogP contribution in [0.5, 0.6) is 0 Å². The number of hydrogen-bond acceptors (Lipinski definition) is 2. The van der Waals surface area contributed by atoms with E-state index in [9.17, 15) is 9.18 Å². The molecule has 2 aromatic rings. The second kappa shape index (κ2) is 6.22. The zero-order valence-electron chi connectivity index (χ0n) is 12.7. The van der Waals surface area contributed by atoms with Gasteiger partial charge in [0.05, 0.1) is 12.1 Å². The van der Waals surface area contributed by atoms with Gasteiger partial charge in [-0.3, -0.25) is 4.79 Å². The van der Waals surface area contributed by atoms with Gasteiger partial charge >= 0.3 is 0 Å². The molecule has 1 amide bonds. The van der Waals surface area contributed by atoms with E-state index in [-0.39, 0.29) is 11.7 Å². The van der Waals surface area contributed by atoms with E-state index in [1.165, 1.54) is 6.07 Å². The molecule has 0 radical (unpaired) electrons. The Balaban J connectivity index is 1.57. The summed E-state index contributed by atoms with van der Waals surface area (Å²) in [6, 6.07) is 8.76. The lowest BCUT2D eigenvalue weighted by Crippen LogP contribution is -2.49. The van der Waals surface area contributed by atoms with Crippen LogP contribution < -0.4 is 4.90 Å². The molecule has 1 fully saturated rings. The first-order valence-corrected chi connectivity index (χ1v) is 7.51. The Kier molecular flexibility index (Phi) is 4.13. The minimum Gasteiger partial charge on any atom is -0.366 e. The van der Waals surface area contributed by atoms with Crippen LogP contribution in [0.1, 0.15) is 5.56 Å². The van der Waals surface area contributed by atoms with E-state index >= 15 is 0 Å². The average Bonchev–Trinajstić information content (AvgIpc) is 2.93. The number of carbonyl (C=O) groups is 1. The third-order valence-electron chi connectivity index (χ3n) is 4.07. The molecule has 5 heteroatoms. The Bertz CT molecular complexity index is 659. The molecule has 4 nitrogen and oxygen atoms in total. The third-order valence-corrected chi connectivity index (χ3v) is 4.07. The Morgan fingerprint density at radius 3 is 2.50 bits per heavy atom. The monoisotopic (exact) mass is 301 g/mol. The van der Waals surface area contributed by atoms with Crippen molar-refractivity contribution in [1.29, 1.82) is 0 Å². The van der Waals surface area contributed by atoms with Gasteiger partial charge in [-0.1, -0.05) is 12.1 Å². The number of para-hydroxylation sites is 1. The summed E-state index contributed by atoms with van der Waals surface area (Å²) in [6.45, 7) is 2.61. The Hall–Kier alpha value is -2.30. The summed E-state index contributed by atoms with van der Waals surface area (Å²) >= 11 is 0. The summed E-state index contributed by atoms with van der Waals surface area (Å²) < 4.78 is 15.7. The molecular formula is C17H20FN3O. The minimum absolute atomic E-state index is 0.138. The van der Waals surface area contributed by atoms with Crippen LogP contribution in [0.3, 0.4) is 0 Å². The number of benzene rings is 1. The maximum absolute atomic E-state index is 13.8. The molecule has 0 unspecified atom stereocenters. The van der Waals surface area contributed by atoms with Crippen LogP contribution in [-0.2, 0) is 18.3 Å². The molecule has 0 bridgehead atoms. The quantitative estimate of drug-likeness (QED) is 0.868. The largest absolute Gasteiger partial charge is 0.366 e. The number of carbonyl (C=O) groups excluding carboxylic acids is 1. The van der Waals surface area contributed by atoms with E-state index in [0.29, 0.717) is 38.3 Å². The highest BCUT2D eigenvalue weighted by Crippen LogP contribution is 2.20. The topological polar surface area (TPSA) is 28.5 Å². The molecule has 0 atom stereocenters. The molecule has 1 aliphatic heterocycles. The number of aromatic nitrogens is 1. The van der Waals surface area contributed by atoms with Crippen molar-refractivity contribution in [3.63, 3.8) is 0 Å². The van der Waals surface area contributed by atoms with Gasteiger partial charge < -0.3 is 14.4 Å². The summed E-state index contributed by atoms with van der Waals surface area (Å²) in [4.78, 5) is 16.2. The number of aryl methyl sites for hydroxylation is 1. The van der Waals surface area contributed by atoms with Crippen LogP contribution in [-0.4, -0.2) is 41.6 Å². The number of rotatable bonds is 3. The predicted molar refractivity (Wildman–Crippen MR) is 84.3 cm³/mol. The van der Waals surface area contributed by atoms with Crippen LogP contribution in [0.15, 0.2) is 42.7 Å². The molecule has 1 aliphatic rings. The van der Waals surface area contributed by atoms with Crippen LogP contribution >= 0.6 is 0 Å². The fraction of sp³-hybridized carbons (Fsp3) is 0.353. The van der Waals surface area contributed by atoms with Crippen molar-refractivity contribution in [1.82, 2.24) is 9.47 Å². The number of amides is 1. The van der Waals surface area contributed by atoms with Crippen molar-refractivity contribution in [2.75, 3.05) is 31.1 Å². The van der Waals surface area contributed by atoms with E-state index in [4.69, 9.17) is 0 Å². The van der Waals surface area contributed by atoms with Crippen molar-refractivity contribution in [3.8, 4) is 0 Å². The lowest BCUT2D eigenvalue weighted by atomic mass is 10.2. The second-order valence-electron chi connectivity index (χ2n) is 5.68. The van der Waals surface area contributed by atoms with Crippen molar-refractivity contribution in [2.24, 2.45) is 7.05 Å². The highest BCUT2D eigenvalue weighted by atomic mass is 19.1. The maximum Gasteiger partial charge on any atom is 0.227 e. The Labute approximate surface area is 129 Å². The van der Waals surface area contributed by atoms with Gasteiger partial charge in [-0.15, -0.1) is 0 Å². The Morgan fingerprint density at radius 2 is 1.86 bits per heavy atom. The molecule has 2 heterocycles. The first kappa shape index (κ1) is 14.6. The second-order valence-corrected chi connectivity index (χ2v) is 5.68. The summed E-state index contributed by atoms with van der Waals surface area (Å²) in [7, 11) is 1.95. The zero-order valence-corrected chi connectivity index (χ0v) is 12.7. The van der Waals surface area contributed by atoms with E-state index in [2.05, 4.69) is 0 Å². The molecule has 1 saturated heterocycles. The molecule has 22 heavy (non-hydrogen) atoms. The number of hydrogen-bond donors (Lipinski definition) is 0. The normalized spacial score (nSPS) is 15.2. The van der Waals surface area contributed by atoms with Crippen LogP contribution in [0.25, 0.3) is 0 Å². The highest BCUT2D eigenvalue weighted by Gasteiger charge is 2.22. The number of halogens is 1. The molecule has 0 spiro atoms. The van der Waals surface area contributed by atoms with Crippen molar-refractivity contribution < 1.29 is 9.18 Å². The Morgan fingerprint density at radius 1 is 1.14 bits per heavy atom. The van der Waals surface area contributed by atoms with Crippen molar-refractivity contribution in [3.05, 3.63) is 54.1 Å². The smallest absolute Gasteiger partial charge is 0.227 e. The fourth-order valence-corrected chi connectivity index (χ4v) is 2.86. The summed E-state index contributed by atoms with van der Waals surface area (Å²) in [5.41, 5.74) is 1.65. The van der Waals surface area contributed by atoms with E-state index in [1.807, 2.05) is 45.9 Å². The molecular weight excluding hydrogens is 281 g/mol. The van der Waals surface area contributed by atoms with Gasteiger partial charge in [0.15, 0.2) is 0 Å². The lowest BCUT2D eigenvalue weighted by molar-refractivity contribution is -0.130. The first-order chi connectivity index (χ1) is 10.6. The summed E-state index contributed by atoms with van der Waals surface area (Å²) in [5, 5.41) is 0. The maximum atomic E-state index is 13.8. The lowest BCUT2D eigenvalue weighted by Gasteiger charge is -2.36. The number of nitrogens with zero attached hydrogens (tertiary/aromatic N) is 3. The van der Waals surface area contributed by atoms with Gasteiger partial charge in [-0.25, -0.2) is 4.39 Å². The summed E-state index contributed by atoms with van der Waals surface area (Å²) in [5.74, 6) is -0.0639. The molecule has 116 valence electrons. The van der Waals surface area contributed by atoms with Crippen LogP contribution in [0.2, 0.25) is 0 Å². The van der Waals surface area contributed by atoms with Gasteiger partial charge in [-0.2, -0.15) is 0 Å². The number of anilines is 1. The van der Waals surface area contributed by atoms with Crippen LogP contribution in [0.4, 0.5) is 10.1 Å². The number of piperazine rings is 1. The minimum atomic E-state index is -0.202. The molecule has 0 saturated carbocycles.